The van der Waals surface area contributed by atoms with E-state index in [0.717, 1.165) is 4.60 Å². The fraction of sp³-hybridized carbons (Fsp3) is 0.571. The average molecular weight is 219 g/mol. The van der Waals surface area contributed by atoms with Gasteiger partial charge in [0.25, 0.3) is 0 Å². The summed E-state index contributed by atoms with van der Waals surface area (Å²) in [6.07, 6.45) is 1.58. The van der Waals surface area contributed by atoms with Gasteiger partial charge in [0.15, 0.2) is 0 Å². The van der Waals surface area contributed by atoms with Crippen molar-refractivity contribution in [3.05, 3.63) is 16.8 Å². The van der Waals surface area contributed by atoms with Crippen molar-refractivity contribution in [3.8, 4) is 0 Å². The second-order valence-corrected chi connectivity index (χ2v) is 3.41. The molecule has 0 unspecified atom stereocenters. The Balaban J connectivity index is 2.39. The van der Waals surface area contributed by atoms with E-state index in [0.29, 0.717) is 18.5 Å². The molecular formula is C7H11BrN2O. The summed E-state index contributed by atoms with van der Waals surface area (Å²) in [5.41, 5.74) is 0. The number of hydrogen-bond donors (Lipinski definition) is 1. The van der Waals surface area contributed by atoms with Crippen molar-refractivity contribution in [2.45, 2.75) is 26.4 Å². The highest BCUT2D eigenvalue weighted by atomic mass is 79.9. The van der Waals surface area contributed by atoms with Gasteiger partial charge < -0.3 is 9.73 Å². The Kier molecular flexibility index (Phi) is 3.08. The fourth-order valence-electron chi connectivity index (χ4n) is 0.661. The van der Waals surface area contributed by atoms with Gasteiger partial charge in [-0.25, -0.2) is 4.98 Å². The third kappa shape index (κ3) is 3.03. The Labute approximate surface area is 74.3 Å². The molecule has 0 saturated heterocycles. The minimum absolute atomic E-state index is 0.459. The van der Waals surface area contributed by atoms with Gasteiger partial charge in [-0.3, -0.25) is 0 Å². The van der Waals surface area contributed by atoms with Crippen LogP contribution in [0.3, 0.4) is 0 Å². The molecule has 0 aliphatic heterocycles. The van der Waals surface area contributed by atoms with E-state index >= 15 is 0 Å². The third-order valence-electron chi connectivity index (χ3n) is 1.19. The number of halogens is 1. The minimum Gasteiger partial charge on any atom is -0.446 e. The molecule has 62 valence electrons. The van der Waals surface area contributed by atoms with Crippen LogP contribution in [-0.4, -0.2) is 11.0 Å². The van der Waals surface area contributed by atoms with Crippen molar-refractivity contribution in [2.24, 2.45) is 0 Å². The lowest BCUT2D eigenvalue weighted by molar-refractivity contribution is 0.451. The van der Waals surface area contributed by atoms with Crippen LogP contribution in [0.4, 0.5) is 0 Å². The lowest BCUT2D eigenvalue weighted by Crippen LogP contribution is -2.21. The highest BCUT2D eigenvalue weighted by Gasteiger charge is 2.00. The summed E-state index contributed by atoms with van der Waals surface area (Å²) >= 11 is 3.21. The van der Waals surface area contributed by atoms with Crippen LogP contribution >= 0.6 is 15.9 Å². The van der Waals surface area contributed by atoms with Crippen molar-refractivity contribution in [2.75, 3.05) is 0 Å². The van der Waals surface area contributed by atoms with Crippen LogP contribution in [0, 0.1) is 0 Å². The first-order valence-corrected chi connectivity index (χ1v) is 4.31. The summed E-state index contributed by atoms with van der Waals surface area (Å²) in [5.74, 6) is 0.713. The zero-order valence-corrected chi connectivity index (χ0v) is 8.18. The van der Waals surface area contributed by atoms with Crippen LogP contribution in [0.15, 0.2) is 15.3 Å². The molecule has 0 fully saturated rings. The van der Waals surface area contributed by atoms with E-state index in [2.05, 4.69) is 40.1 Å². The first kappa shape index (κ1) is 8.74. The van der Waals surface area contributed by atoms with E-state index in [-0.39, 0.29) is 0 Å². The Morgan fingerprint density at radius 2 is 2.45 bits per heavy atom. The number of hydrogen-bond acceptors (Lipinski definition) is 3. The Hall–Kier alpha value is -0.350. The van der Waals surface area contributed by atoms with E-state index in [1.54, 1.807) is 6.26 Å². The van der Waals surface area contributed by atoms with Crippen LogP contribution in [0.25, 0.3) is 0 Å². The molecule has 0 radical (unpaired) electrons. The smallest absolute Gasteiger partial charge is 0.209 e. The van der Waals surface area contributed by atoms with Crippen molar-refractivity contribution in [3.63, 3.8) is 0 Å². The van der Waals surface area contributed by atoms with E-state index in [1.165, 1.54) is 0 Å². The van der Waals surface area contributed by atoms with E-state index in [1.807, 2.05) is 0 Å². The van der Waals surface area contributed by atoms with E-state index < -0.39 is 0 Å². The molecule has 0 aliphatic rings. The molecule has 0 spiro atoms. The molecule has 11 heavy (non-hydrogen) atoms. The molecule has 0 aliphatic carbocycles. The number of rotatable bonds is 3. The number of nitrogens with zero attached hydrogens (tertiary/aromatic N) is 1. The van der Waals surface area contributed by atoms with Crippen molar-refractivity contribution < 1.29 is 4.42 Å². The van der Waals surface area contributed by atoms with Crippen molar-refractivity contribution in [1.82, 2.24) is 10.3 Å². The van der Waals surface area contributed by atoms with Crippen molar-refractivity contribution >= 4 is 15.9 Å². The zero-order chi connectivity index (χ0) is 8.27. The van der Waals surface area contributed by atoms with Gasteiger partial charge in [-0.15, -0.1) is 0 Å². The molecule has 0 amide bonds. The summed E-state index contributed by atoms with van der Waals surface area (Å²) in [6.45, 7) is 4.85. The molecule has 1 heterocycles. The molecule has 1 aromatic rings. The van der Waals surface area contributed by atoms with Crippen LogP contribution in [0.5, 0.6) is 0 Å². The summed E-state index contributed by atoms with van der Waals surface area (Å²) in [4.78, 5) is 4.07. The monoisotopic (exact) mass is 218 g/mol. The average Bonchev–Trinajstić information content (AvgIpc) is 2.31. The Bertz CT molecular complexity index is 222. The van der Waals surface area contributed by atoms with Gasteiger partial charge in [0, 0.05) is 6.04 Å². The molecular weight excluding hydrogens is 208 g/mol. The molecule has 4 heteroatoms. The van der Waals surface area contributed by atoms with E-state index in [9.17, 15) is 0 Å². The molecule has 0 aromatic carbocycles. The second kappa shape index (κ2) is 3.88. The fourth-order valence-corrected chi connectivity index (χ4v) is 0.952. The maximum Gasteiger partial charge on any atom is 0.209 e. The highest BCUT2D eigenvalue weighted by Crippen LogP contribution is 2.07. The van der Waals surface area contributed by atoms with Crippen LogP contribution in [0.1, 0.15) is 19.7 Å². The molecule has 0 atom stereocenters. The first-order chi connectivity index (χ1) is 5.18. The van der Waals surface area contributed by atoms with Crippen LogP contribution in [0.2, 0.25) is 0 Å². The standard InChI is InChI=1S/C7H11BrN2O/c1-5(2)9-3-7-10-6(8)4-11-7/h4-5,9H,3H2,1-2H3. The largest absolute Gasteiger partial charge is 0.446 e. The van der Waals surface area contributed by atoms with Crippen LogP contribution < -0.4 is 5.32 Å². The molecule has 1 N–H and O–H groups in total. The maximum absolute atomic E-state index is 5.09. The quantitative estimate of drug-likeness (QED) is 0.843. The zero-order valence-electron chi connectivity index (χ0n) is 6.60. The van der Waals surface area contributed by atoms with E-state index in [4.69, 9.17) is 4.42 Å². The molecule has 0 saturated carbocycles. The predicted octanol–water partition coefficient (Wildman–Crippen LogP) is 1.94. The lowest BCUT2D eigenvalue weighted by Gasteiger charge is -2.03. The van der Waals surface area contributed by atoms with Gasteiger partial charge in [0.05, 0.1) is 6.54 Å². The summed E-state index contributed by atoms with van der Waals surface area (Å²) < 4.78 is 5.84. The van der Waals surface area contributed by atoms with Gasteiger partial charge in [0.2, 0.25) is 5.89 Å². The highest BCUT2D eigenvalue weighted by molar-refractivity contribution is 9.10. The van der Waals surface area contributed by atoms with Gasteiger partial charge in [-0.05, 0) is 15.9 Å². The first-order valence-electron chi connectivity index (χ1n) is 3.52. The second-order valence-electron chi connectivity index (χ2n) is 2.60. The number of aromatic nitrogens is 1. The van der Waals surface area contributed by atoms with Gasteiger partial charge in [-0.2, -0.15) is 0 Å². The van der Waals surface area contributed by atoms with Crippen LogP contribution in [-0.2, 0) is 6.54 Å². The SMILES string of the molecule is CC(C)NCc1nc(Br)co1. The maximum atomic E-state index is 5.09. The van der Waals surface area contributed by atoms with Gasteiger partial charge >= 0.3 is 0 Å². The van der Waals surface area contributed by atoms with Gasteiger partial charge in [-0.1, -0.05) is 13.8 Å². The summed E-state index contributed by atoms with van der Waals surface area (Å²) in [5, 5.41) is 3.20. The number of nitrogens with one attached hydrogen (secondary N) is 1. The molecule has 3 nitrogen and oxygen atoms in total. The summed E-state index contributed by atoms with van der Waals surface area (Å²) in [6, 6.07) is 0.459. The molecule has 0 bridgehead atoms. The number of oxazole rings is 1. The normalized spacial score (nSPS) is 10.9. The Morgan fingerprint density at radius 1 is 1.73 bits per heavy atom. The third-order valence-corrected chi connectivity index (χ3v) is 1.55. The lowest BCUT2D eigenvalue weighted by atomic mass is 10.4. The van der Waals surface area contributed by atoms with Gasteiger partial charge in [0.1, 0.15) is 10.9 Å². The minimum atomic E-state index is 0.459. The predicted molar refractivity (Wildman–Crippen MR) is 46.2 cm³/mol. The molecule has 1 rings (SSSR count). The summed E-state index contributed by atoms with van der Waals surface area (Å²) in [7, 11) is 0. The Morgan fingerprint density at radius 3 is 2.91 bits per heavy atom. The molecule has 1 aromatic heterocycles. The van der Waals surface area contributed by atoms with Crippen molar-refractivity contribution in [1.29, 1.82) is 0 Å². The topological polar surface area (TPSA) is 38.1 Å².